The molecule has 8 heteroatoms. The van der Waals surface area contributed by atoms with E-state index in [1.165, 1.54) is 0 Å². The number of halogens is 1. The number of hydrogen-bond donors (Lipinski definition) is 2. The molecule has 7 nitrogen and oxygen atoms in total. The van der Waals surface area contributed by atoms with Gasteiger partial charge in [-0.15, -0.1) is 0 Å². The first-order valence-electron chi connectivity index (χ1n) is 14.1. The maximum Gasteiger partial charge on any atom is 0.408 e. The SMILES string of the molecule is CCCCCN(C(=O)C(NC(=O)OC(C)(C)C)C(C)C)C(C(=O)Nc1c(C)cccc1Cl)c1ccc(C)cc1C. The lowest BCUT2D eigenvalue weighted by Gasteiger charge is -2.36. The minimum atomic E-state index is -0.942. The zero-order chi connectivity index (χ0) is 30.2. The molecule has 0 spiro atoms. The third-order valence-electron chi connectivity index (χ3n) is 6.64. The monoisotopic (exact) mass is 571 g/mol. The van der Waals surface area contributed by atoms with Crippen molar-refractivity contribution in [2.75, 3.05) is 11.9 Å². The molecule has 2 N–H and O–H groups in total. The number of ether oxygens (including phenoxy) is 1. The van der Waals surface area contributed by atoms with Crippen LogP contribution in [0.3, 0.4) is 0 Å². The molecule has 3 amide bonds. The molecule has 0 bridgehead atoms. The lowest BCUT2D eigenvalue weighted by atomic mass is 9.94. The van der Waals surface area contributed by atoms with Crippen molar-refractivity contribution >= 4 is 35.2 Å². The van der Waals surface area contributed by atoms with Crippen molar-refractivity contribution in [3.63, 3.8) is 0 Å². The van der Waals surface area contributed by atoms with Gasteiger partial charge in [-0.2, -0.15) is 0 Å². The van der Waals surface area contributed by atoms with E-state index >= 15 is 0 Å². The molecule has 2 atom stereocenters. The zero-order valence-corrected chi connectivity index (χ0v) is 26.2. The van der Waals surface area contributed by atoms with E-state index in [2.05, 4.69) is 17.6 Å². The second-order valence-corrected chi connectivity index (χ2v) is 12.2. The largest absolute Gasteiger partial charge is 0.444 e. The molecule has 0 saturated heterocycles. The topological polar surface area (TPSA) is 87.7 Å². The fourth-order valence-electron chi connectivity index (χ4n) is 4.59. The molecule has 2 aromatic carbocycles. The number of anilines is 1. The third-order valence-corrected chi connectivity index (χ3v) is 6.96. The van der Waals surface area contributed by atoms with Crippen molar-refractivity contribution in [3.05, 3.63) is 63.7 Å². The van der Waals surface area contributed by atoms with Gasteiger partial charge in [0.15, 0.2) is 0 Å². The summed E-state index contributed by atoms with van der Waals surface area (Å²) >= 11 is 6.47. The van der Waals surface area contributed by atoms with Gasteiger partial charge in [0, 0.05) is 6.54 Å². The van der Waals surface area contributed by atoms with Crippen LogP contribution in [-0.2, 0) is 14.3 Å². The van der Waals surface area contributed by atoms with Crippen LogP contribution in [-0.4, -0.2) is 41.0 Å². The van der Waals surface area contributed by atoms with Crippen molar-refractivity contribution in [1.29, 1.82) is 0 Å². The summed E-state index contributed by atoms with van der Waals surface area (Å²) in [7, 11) is 0. The van der Waals surface area contributed by atoms with E-state index in [0.717, 1.165) is 35.1 Å². The predicted octanol–water partition coefficient (Wildman–Crippen LogP) is 7.51. The number of aryl methyl sites for hydroxylation is 3. The van der Waals surface area contributed by atoms with Gasteiger partial charge in [0.2, 0.25) is 5.91 Å². The van der Waals surface area contributed by atoms with Crippen LogP contribution >= 0.6 is 11.6 Å². The summed E-state index contributed by atoms with van der Waals surface area (Å²) in [6, 6.07) is 9.44. The molecule has 2 unspecified atom stereocenters. The maximum absolute atomic E-state index is 14.3. The van der Waals surface area contributed by atoms with Crippen LogP contribution in [0.25, 0.3) is 0 Å². The zero-order valence-electron chi connectivity index (χ0n) is 25.5. The summed E-state index contributed by atoms with van der Waals surface area (Å²) in [5.74, 6) is -0.955. The van der Waals surface area contributed by atoms with E-state index in [0.29, 0.717) is 23.7 Å². The molecule has 0 radical (unpaired) electrons. The van der Waals surface area contributed by atoms with E-state index < -0.39 is 23.8 Å². The number of para-hydroxylation sites is 1. The number of rotatable bonds is 11. The molecular weight excluding hydrogens is 526 g/mol. The number of nitrogens with zero attached hydrogens (tertiary/aromatic N) is 1. The summed E-state index contributed by atoms with van der Waals surface area (Å²) in [4.78, 5) is 42.8. The number of amides is 3. The third kappa shape index (κ3) is 9.26. The average molecular weight is 572 g/mol. The van der Waals surface area contributed by atoms with Gasteiger partial charge in [-0.05, 0) is 76.6 Å². The summed E-state index contributed by atoms with van der Waals surface area (Å²) in [6.45, 7) is 17.3. The fraction of sp³-hybridized carbons (Fsp3) is 0.531. The number of carbonyl (C=O) groups is 3. The molecular formula is C32H46ClN3O4. The van der Waals surface area contributed by atoms with Crippen LogP contribution in [0.4, 0.5) is 10.5 Å². The van der Waals surface area contributed by atoms with Gasteiger partial charge < -0.3 is 20.3 Å². The number of unbranched alkanes of at least 4 members (excludes halogenated alkanes) is 2. The normalized spacial score (nSPS) is 13.0. The highest BCUT2D eigenvalue weighted by Crippen LogP contribution is 2.31. The molecule has 2 aromatic rings. The Labute approximate surface area is 245 Å². The van der Waals surface area contributed by atoms with E-state index in [1.54, 1.807) is 31.7 Å². The standard InChI is InChI=1S/C32H46ClN3O4/c1-10-11-12-18-36(30(38)26(20(2)3)35-31(39)40-32(7,8)9)28(24-17-16-21(4)19-23(24)6)29(37)34-27-22(5)14-13-15-25(27)33/h13-17,19-20,26,28H,10-12,18H2,1-9H3,(H,34,37)(H,35,39). The highest BCUT2D eigenvalue weighted by molar-refractivity contribution is 6.34. The Bertz CT molecular complexity index is 1170. The number of nitrogens with one attached hydrogen (secondary N) is 2. The molecule has 220 valence electrons. The molecule has 0 saturated carbocycles. The van der Waals surface area contributed by atoms with Crippen LogP contribution in [0.15, 0.2) is 36.4 Å². The number of hydrogen-bond acceptors (Lipinski definition) is 4. The Morgan fingerprint density at radius 1 is 1.00 bits per heavy atom. The van der Waals surface area contributed by atoms with E-state index in [4.69, 9.17) is 16.3 Å². The Morgan fingerprint density at radius 3 is 2.23 bits per heavy atom. The summed E-state index contributed by atoms with van der Waals surface area (Å²) in [6.07, 6.45) is 1.87. The Hall–Kier alpha value is -3.06. The van der Waals surface area contributed by atoms with E-state index in [1.807, 2.05) is 65.0 Å². The molecule has 40 heavy (non-hydrogen) atoms. The highest BCUT2D eigenvalue weighted by Gasteiger charge is 2.38. The number of alkyl carbamates (subject to hydrolysis) is 1. The second kappa shape index (κ2) is 14.5. The Morgan fingerprint density at radius 2 is 1.68 bits per heavy atom. The lowest BCUT2D eigenvalue weighted by molar-refractivity contribution is -0.141. The fourth-order valence-corrected chi connectivity index (χ4v) is 4.86. The van der Waals surface area contributed by atoms with E-state index in [9.17, 15) is 14.4 Å². The van der Waals surface area contributed by atoms with Gasteiger partial charge in [0.1, 0.15) is 17.7 Å². The van der Waals surface area contributed by atoms with Gasteiger partial charge in [-0.1, -0.05) is 81.1 Å². The van der Waals surface area contributed by atoms with Gasteiger partial charge >= 0.3 is 6.09 Å². The molecule has 0 aliphatic heterocycles. The van der Waals surface area contributed by atoms with Crippen molar-refractivity contribution < 1.29 is 19.1 Å². The minimum Gasteiger partial charge on any atom is -0.444 e. The molecule has 0 heterocycles. The first-order chi connectivity index (χ1) is 18.7. The molecule has 2 rings (SSSR count). The molecule has 0 aliphatic rings. The Kier molecular flexibility index (Phi) is 12.0. The van der Waals surface area contributed by atoms with Crippen LogP contribution in [0.2, 0.25) is 5.02 Å². The van der Waals surface area contributed by atoms with Crippen molar-refractivity contribution in [2.24, 2.45) is 5.92 Å². The van der Waals surface area contributed by atoms with Gasteiger partial charge in [0.05, 0.1) is 10.7 Å². The first-order valence-corrected chi connectivity index (χ1v) is 14.5. The van der Waals surface area contributed by atoms with Crippen molar-refractivity contribution in [1.82, 2.24) is 10.2 Å². The number of carbonyl (C=O) groups excluding carboxylic acids is 3. The van der Waals surface area contributed by atoms with Crippen LogP contribution < -0.4 is 10.6 Å². The molecule has 0 fully saturated rings. The van der Waals surface area contributed by atoms with Crippen LogP contribution in [0, 0.1) is 26.7 Å². The van der Waals surface area contributed by atoms with Crippen LogP contribution in [0.1, 0.15) is 89.1 Å². The minimum absolute atomic E-state index is 0.248. The number of benzene rings is 2. The average Bonchev–Trinajstić information content (AvgIpc) is 2.83. The lowest BCUT2D eigenvalue weighted by Crippen LogP contribution is -2.54. The smallest absolute Gasteiger partial charge is 0.408 e. The van der Waals surface area contributed by atoms with Gasteiger partial charge in [-0.25, -0.2) is 4.79 Å². The van der Waals surface area contributed by atoms with Gasteiger partial charge in [0.25, 0.3) is 5.91 Å². The van der Waals surface area contributed by atoms with Crippen molar-refractivity contribution in [3.8, 4) is 0 Å². The highest BCUT2D eigenvalue weighted by atomic mass is 35.5. The Balaban J connectivity index is 2.62. The van der Waals surface area contributed by atoms with Crippen LogP contribution in [0.5, 0.6) is 0 Å². The maximum atomic E-state index is 14.3. The second-order valence-electron chi connectivity index (χ2n) is 11.8. The van der Waals surface area contributed by atoms with E-state index in [-0.39, 0.29) is 17.7 Å². The van der Waals surface area contributed by atoms with Gasteiger partial charge in [-0.3, -0.25) is 9.59 Å². The summed E-state index contributed by atoms with van der Waals surface area (Å²) in [5, 5.41) is 6.20. The molecule has 0 aromatic heterocycles. The first kappa shape index (κ1) is 33.1. The summed E-state index contributed by atoms with van der Waals surface area (Å²) in [5.41, 5.74) is 3.28. The summed E-state index contributed by atoms with van der Waals surface area (Å²) < 4.78 is 5.46. The predicted molar refractivity (Wildman–Crippen MR) is 163 cm³/mol. The molecule has 0 aliphatic carbocycles. The van der Waals surface area contributed by atoms with Crippen molar-refractivity contribution in [2.45, 2.75) is 99.3 Å². The quantitative estimate of drug-likeness (QED) is 0.273.